The number of likely N-dealkylation sites (N-methyl/N-ethyl adjacent to an activating group) is 1. The fraction of sp³-hybridized carbons (Fsp3) is 0.516. The third-order valence-corrected chi connectivity index (χ3v) is 7.69. The van der Waals surface area contributed by atoms with Crippen LogP contribution in [-0.4, -0.2) is 99.9 Å². The number of aromatic nitrogens is 3. The molecule has 0 spiro atoms. The van der Waals surface area contributed by atoms with Crippen LogP contribution in [0.4, 0.5) is 8.78 Å². The lowest BCUT2D eigenvalue weighted by molar-refractivity contribution is -0.141. The molecular formula is C31H47F2N7O4. The topological polar surface area (TPSA) is 121 Å². The van der Waals surface area contributed by atoms with Gasteiger partial charge in [0.1, 0.15) is 17.6 Å². The van der Waals surface area contributed by atoms with E-state index in [4.69, 9.17) is 4.74 Å². The van der Waals surface area contributed by atoms with Crippen molar-refractivity contribution in [2.45, 2.75) is 71.2 Å². The van der Waals surface area contributed by atoms with E-state index in [1.54, 1.807) is 42.8 Å². The molecule has 0 aliphatic carbocycles. The molecular weight excluding hydrogens is 572 g/mol. The fourth-order valence-corrected chi connectivity index (χ4v) is 4.99. The van der Waals surface area contributed by atoms with Crippen LogP contribution in [-0.2, 0) is 20.7 Å². The quantitative estimate of drug-likeness (QED) is 0.319. The third kappa shape index (κ3) is 8.56. The Morgan fingerprint density at radius 1 is 1.14 bits per heavy atom. The van der Waals surface area contributed by atoms with Crippen molar-refractivity contribution in [1.82, 2.24) is 34.8 Å². The number of rotatable bonds is 12. The highest BCUT2D eigenvalue weighted by Gasteiger charge is 2.38. The molecule has 4 rings (SSSR count). The number of nitrogens with one attached hydrogen (secondary N) is 2. The summed E-state index contributed by atoms with van der Waals surface area (Å²) in [4.78, 5) is 51.7. The molecule has 3 amide bonds. The molecule has 44 heavy (non-hydrogen) atoms. The molecule has 0 saturated carbocycles. The highest BCUT2D eigenvalue weighted by molar-refractivity contribution is 5.93. The Bertz CT molecular complexity index is 1410. The van der Waals surface area contributed by atoms with Crippen molar-refractivity contribution < 1.29 is 30.8 Å². The van der Waals surface area contributed by atoms with Crippen LogP contribution in [0.5, 0.6) is 0 Å². The van der Waals surface area contributed by atoms with E-state index in [0.29, 0.717) is 19.4 Å². The van der Waals surface area contributed by atoms with Gasteiger partial charge in [-0.3, -0.25) is 18.8 Å². The summed E-state index contributed by atoms with van der Waals surface area (Å²) < 4.78 is 34.0. The summed E-state index contributed by atoms with van der Waals surface area (Å²) in [5, 5.41) is 5.68. The summed E-state index contributed by atoms with van der Waals surface area (Å²) in [5.41, 5.74) is 0.921. The number of likely N-dealkylation sites (tertiary alicyclic amines) is 1. The van der Waals surface area contributed by atoms with E-state index in [2.05, 4.69) is 20.6 Å². The first kappa shape index (κ1) is 34.5. The number of amides is 3. The molecule has 244 valence electrons. The van der Waals surface area contributed by atoms with Crippen molar-refractivity contribution in [2.24, 2.45) is 0 Å². The van der Waals surface area contributed by atoms with Crippen LogP contribution < -0.4 is 10.6 Å². The minimum absolute atomic E-state index is 0. The summed E-state index contributed by atoms with van der Waals surface area (Å²) in [5.74, 6) is -1.76. The van der Waals surface area contributed by atoms with Crippen molar-refractivity contribution in [3.05, 3.63) is 65.7 Å². The van der Waals surface area contributed by atoms with Gasteiger partial charge in [-0.1, -0.05) is 26.0 Å². The molecule has 1 saturated heterocycles. The average Bonchev–Trinajstić information content (AvgIpc) is 3.68. The second-order valence-corrected chi connectivity index (χ2v) is 10.5. The van der Waals surface area contributed by atoms with Gasteiger partial charge in [0.25, 0.3) is 5.91 Å². The minimum Gasteiger partial charge on any atom is -0.379 e. The van der Waals surface area contributed by atoms with Gasteiger partial charge in [-0.05, 0) is 57.9 Å². The molecule has 3 heterocycles. The van der Waals surface area contributed by atoms with Gasteiger partial charge in [-0.25, -0.2) is 18.7 Å². The number of halogens is 2. The molecule has 1 fully saturated rings. The molecule has 0 radical (unpaired) electrons. The van der Waals surface area contributed by atoms with Crippen LogP contribution in [0.25, 0.3) is 5.78 Å². The zero-order chi connectivity index (χ0) is 32.4. The Kier molecular flexibility index (Phi) is 12.7. The molecule has 13 heteroatoms. The lowest BCUT2D eigenvalue weighted by Crippen LogP contribution is -2.58. The number of carbonyl (C=O) groups excluding carboxylic acids is 3. The number of methoxy groups -OCH3 is 1. The van der Waals surface area contributed by atoms with E-state index < -0.39 is 29.9 Å². The standard InChI is InChI=1S/C29H37F2N7O4.C2H6.2H2/c1-18(32-3)26(39)35-25(19(2)42-4)28(41)38-12-5-6-23(38)16-36(13-11-20-7-9-21(30)10-8-20)27(40)24-17-37-15-22(31)14-33-29(37)34-24;1-2;;/h7-10,14-15,17-19,23,25,32H,5-6,11-13,16H2,1-4H3,(H,35,39);1-2H3;2*1H/t18-,19+,23-,25-;;;/m0.../s1. The number of fused-ring (bicyclic) bond motifs is 1. The molecule has 11 nitrogen and oxygen atoms in total. The van der Waals surface area contributed by atoms with Crippen LogP contribution in [0.1, 0.15) is 59.4 Å². The normalized spacial score (nSPS) is 16.5. The molecule has 1 aliphatic rings. The summed E-state index contributed by atoms with van der Waals surface area (Å²) in [6.07, 6.45) is 4.86. The zero-order valence-electron chi connectivity index (χ0n) is 26.2. The number of imidazole rings is 1. The fourth-order valence-electron chi connectivity index (χ4n) is 4.99. The van der Waals surface area contributed by atoms with E-state index in [-0.39, 0.29) is 51.1 Å². The van der Waals surface area contributed by atoms with Crippen molar-refractivity contribution in [2.75, 3.05) is 33.8 Å². The summed E-state index contributed by atoms with van der Waals surface area (Å²) in [7, 11) is 3.13. The monoisotopic (exact) mass is 619 g/mol. The van der Waals surface area contributed by atoms with E-state index >= 15 is 0 Å². The summed E-state index contributed by atoms with van der Waals surface area (Å²) in [6.45, 7) is 8.35. The van der Waals surface area contributed by atoms with E-state index in [1.807, 2.05) is 13.8 Å². The number of hydrogen-bond donors (Lipinski definition) is 2. The predicted octanol–water partition coefficient (Wildman–Crippen LogP) is 3.33. The largest absolute Gasteiger partial charge is 0.379 e. The first-order chi connectivity index (χ1) is 21.1. The number of hydrogen-bond acceptors (Lipinski definition) is 7. The van der Waals surface area contributed by atoms with E-state index in [0.717, 1.165) is 18.2 Å². The minimum atomic E-state index is -0.915. The Morgan fingerprint density at radius 2 is 1.84 bits per heavy atom. The maximum Gasteiger partial charge on any atom is 0.274 e. The van der Waals surface area contributed by atoms with Crippen molar-refractivity contribution in [1.29, 1.82) is 0 Å². The van der Waals surface area contributed by atoms with Gasteiger partial charge < -0.3 is 25.2 Å². The maximum absolute atomic E-state index is 13.8. The first-order valence-corrected chi connectivity index (χ1v) is 15.0. The first-order valence-electron chi connectivity index (χ1n) is 15.0. The van der Waals surface area contributed by atoms with E-state index in [1.165, 1.54) is 36.0 Å². The van der Waals surface area contributed by atoms with Gasteiger partial charge >= 0.3 is 0 Å². The third-order valence-electron chi connectivity index (χ3n) is 7.69. The van der Waals surface area contributed by atoms with Gasteiger partial charge in [0.05, 0.1) is 18.3 Å². The molecule has 0 bridgehead atoms. The SMILES string of the molecule is CC.CN[C@@H](C)C(=O)N[C@H](C(=O)N1CCC[C@H]1CN(CCc1ccc(F)cc1)C(=O)c1cn2cc(F)cnc2n1)[C@@H](C)OC.[HH].[HH]. The highest BCUT2D eigenvalue weighted by Crippen LogP contribution is 2.22. The number of carbonyl (C=O) groups is 3. The van der Waals surface area contributed by atoms with Gasteiger partial charge in [0, 0.05) is 48.0 Å². The Morgan fingerprint density at radius 3 is 2.50 bits per heavy atom. The van der Waals surface area contributed by atoms with Gasteiger partial charge in [0.15, 0.2) is 5.82 Å². The highest BCUT2D eigenvalue weighted by atomic mass is 19.1. The molecule has 4 atom stereocenters. The molecule has 0 unspecified atom stereocenters. The smallest absolute Gasteiger partial charge is 0.274 e. The van der Waals surface area contributed by atoms with Gasteiger partial charge in [-0.15, -0.1) is 0 Å². The molecule has 2 aromatic heterocycles. The number of benzene rings is 1. The van der Waals surface area contributed by atoms with Crippen LogP contribution in [0, 0.1) is 11.6 Å². The zero-order valence-corrected chi connectivity index (χ0v) is 26.2. The Labute approximate surface area is 259 Å². The Balaban J connectivity index is 0.00000259. The molecule has 1 aromatic carbocycles. The summed E-state index contributed by atoms with van der Waals surface area (Å²) in [6, 6.07) is 4.29. The number of ether oxygens (including phenoxy) is 1. The van der Waals surface area contributed by atoms with Gasteiger partial charge in [-0.2, -0.15) is 0 Å². The van der Waals surface area contributed by atoms with Crippen LogP contribution in [0.2, 0.25) is 0 Å². The van der Waals surface area contributed by atoms with Crippen molar-refractivity contribution >= 4 is 23.5 Å². The second kappa shape index (κ2) is 16.2. The lowest BCUT2D eigenvalue weighted by atomic mass is 10.1. The summed E-state index contributed by atoms with van der Waals surface area (Å²) >= 11 is 0. The van der Waals surface area contributed by atoms with Crippen molar-refractivity contribution in [3.63, 3.8) is 0 Å². The molecule has 1 aliphatic heterocycles. The van der Waals surface area contributed by atoms with Crippen LogP contribution >= 0.6 is 0 Å². The molecule has 2 N–H and O–H groups in total. The second-order valence-electron chi connectivity index (χ2n) is 10.5. The van der Waals surface area contributed by atoms with Crippen LogP contribution in [0.3, 0.4) is 0 Å². The van der Waals surface area contributed by atoms with Crippen LogP contribution in [0.15, 0.2) is 42.9 Å². The van der Waals surface area contributed by atoms with E-state index in [9.17, 15) is 23.2 Å². The predicted molar refractivity (Wildman–Crippen MR) is 166 cm³/mol. The Hall–Kier alpha value is -3.97. The average molecular weight is 620 g/mol. The lowest BCUT2D eigenvalue weighted by Gasteiger charge is -2.34. The number of nitrogens with zero attached hydrogens (tertiary/aromatic N) is 5. The maximum atomic E-state index is 13.8. The molecule has 3 aromatic rings. The van der Waals surface area contributed by atoms with Gasteiger partial charge in [0.2, 0.25) is 17.6 Å². The van der Waals surface area contributed by atoms with Crippen molar-refractivity contribution in [3.8, 4) is 0 Å².